The minimum atomic E-state index is -0.208. The molecule has 3 unspecified atom stereocenters. The van der Waals surface area contributed by atoms with Crippen LogP contribution >= 0.6 is 0 Å². The molecule has 3 aliphatic rings. The topological polar surface area (TPSA) is 44.8 Å². The molecule has 0 radical (unpaired) electrons. The molecule has 3 atom stereocenters. The molecule has 0 saturated carbocycles. The number of benzene rings is 2. The second-order valence-corrected chi connectivity index (χ2v) is 8.94. The molecule has 0 aromatic heterocycles. The van der Waals surface area contributed by atoms with Crippen LogP contribution in [0.4, 0.5) is 10.1 Å². The van der Waals surface area contributed by atoms with Crippen molar-refractivity contribution in [2.45, 2.75) is 38.0 Å². The molecule has 2 saturated heterocycles. The monoisotopic (exact) mass is 423 g/mol. The Kier molecular flexibility index (Phi) is 5.92. The second kappa shape index (κ2) is 8.97. The maximum atomic E-state index is 13.3. The number of anilines is 1. The van der Waals surface area contributed by atoms with Gasteiger partial charge in [-0.25, -0.2) is 4.39 Å². The van der Waals surface area contributed by atoms with Gasteiger partial charge >= 0.3 is 0 Å². The quantitative estimate of drug-likeness (QED) is 0.803. The number of nitrogens with zero attached hydrogens (tertiary/aromatic N) is 2. The number of hydrogen-bond acceptors (Lipinski definition) is 4. The van der Waals surface area contributed by atoms with Crippen LogP contribution in [0.2, 0.25) is 0 Å². The molecule has 5 nitrogen and oxygen atoms in total. The molecule has 2 fully saturated rings. The number of halogens is 1. The summed E-state index contributed by atoms with van der Waals surface area (Å²) in [4.78, 5) is 18.1. The summed E-state index contributed by atoms with van der Waals surface area (Å²) in [5.74, 6) is -0.170. The first kappa shape index (κ1) is 20.5. The predicted octanol–water partition coefficient (Wildman–Crippen LogP) is 2.98. The fourth-order valence-corrected chi connectivity index (χ4v) is 5.26. The van der Waals surface area contributed by atoms with Gasteiger partial charge in [0.1, 0.15) is 5.82 Å². The zero-order chi connectivity index (χ0) is 21.2. The zero-order valence-corrected chi connectivity index (χ0v) is 17.8. The molecule has 0 spiro atoms. The lowest BCUT2D eigenvalue weighted by Gasteiger charge is -2.49. The van der Waals surface area contributed by atoms with Gasteiger partial charge in [0, 0.05) is 45.0 Å². The van der Waals surface area contributed by atoms with E-state index < -0.39 is 0 Å². The molecule has 1 N–H and O–H groups in total. The lowest BCUT2D eigenvalue weighted by atomic mass is 9.83. The van der Waals surface area contributed by atoms with E-state index in [-0.39, 0.29) is 29.8 Å². The highest BCUT2D eigenvalue weighted by atomic mass is 19.1. The van der Waals surface area contributed by atoms with Gasteiger partial charge in [0.25, 0.3) is 0 Å². The number of nitrogens with one attached hydrogen (secondary N) is 1. The van der Waals surface area contributed by atoms with Crippen molar-refractivity contribution in [2.24, 2.45) is 5.92 Å². The van der Waals surface area contributed by atoms with Crippen LogP contribution in [0.15, 0.2) is 48.5 Å². The summed E-state index contributed by atoms with van der Waals surface area (Å²) >= 11 is 0. The highest BCUT2D eigenvalue weighted by molar-refractivity contribution is 5.82. The Labute approximate surface area is 183 Å². The Bertz CT molecular complexity index is 913. The highest BCUT2D eigenvalue weighted by Crippen LogP contribution is 2.36. The van der Waals surface area contributed by atoms with Crippen LogP contribution in [0.3, 0.4) is 0 Å². The highest BCUT2D eigenvalue weighted by Gasteiger charge is 2.41. The Balaban J connectivity index is 1.32. The van der Waals surface area contributed by atoms with Crippen molar-refractivity contribution in [2.75, 3.05) is 37.7 Å². The van der Waals surface area contributed by atoms with E-state index >= 15 is 0 Å². The van der Waals surface area contributed by atoms with Crippen LogP contribution in [-0.2, 0) is 22.5 Å². The molecule has 31 heavy (non-hydrogen) atoms. The van der Waals surface area contributed by atoms with Crippen LogP contribution in [0, 0.1) is 11.7 Å². The summed E-state index contributed by atoms with van der Waals surface area (Å²) in [5.41, 5.74) is 3.62. The maximum absolute atomic E-state index is 13.3. The summed E-state index contributed by atoms with van der Waals surface area (Å²) < 4.78 is 19.0. The maximum Gasteiger partial charge on any atom is 0.225 e. The molecular weight excluding hydrogens is 393 g/mol. The SMILES string of the molecule is O=C(NCC1CCCO1)C1Cc2ccccc2N2CCN(Cc3ccc(F)cc3)CC12. The Morgan fingerprint density at radius 1 is 1.13 bits per heavy atom. The molecule has 164 valence electrons. The first-order valence-corrected chi connectivity index (χ1v) is 11.4. The number of fused-ring (bicyclic) bond motifs is 3. The third kappa shape index (κ3) is 4.46. The van der Waals surface area contributed by atoms with E-state index in [1.807, 2.05) is 12.1 Å². The van der Waals surface area contributed by atoms with E-state index in [0.717, 1.165) is 57.6 Å². The molecule has 2 aromatic rings. The van der Waals surface area contributed by atoms with Crippen LogP contribution in [-0.4, -0.2) is 55.7 Å². The van der Waals surface area contributed by atoms with Gasteiger partial charge in [-0.1, -0.05) is 30.3 Å². The lowest BCUT2D eigenvalue weighted by molar-refractivity contribution is -0.126. The van der Waals surface area contributed by atoms with Crippen molar-refractivity contribution in [3.8, 4) is 0 Å². The number of piperazine rings is 1. The predicted molar refractivity (Wildman–Crippen MR) is 118 cm³/mol. The van der Waals surface area contributed by atoms with Crippen LogP contribution in [0.25, 0.3) is 0 Å². The average molecular weight is 424 g/mol. The number of amides is 1. The number of carbonyl (C=O) groups is 1. The molecule has 2 aromatic carbocycles. The standard InChI is InChI=1S/C25H30FN3O2/c26-20-9-7-18(8-10-20)16-28-11-12-29-23-6-2-1-4-19(23)14-22(24(29)17-28)25(30)27-15-21-5-3-13-31-21/h1-2,4,6-10,21-22,24H,3,5,11-17H2,(H,27,30). The van der Waals surface area contributed by atoms with Gasteiger partial charge in [0.05, 0.1) is 18.1 Å². The van der Waals surface area contributed by atoms with Crippen molar-refractivity contribution in [3.63, 3.8) is 0 Å². The van der Waals surface area contributed by atoms with Crippen molar-refractivity contribution in [1.82, 2.24) is 10.2 Å². The fourth-order valence-electron chi connectivity index (χ4n) is 5.26. The van der Waals surface area contributed by atoms with E-state index in [9.17, 15) is 9.18 Å². The van der Waals surface area contributed by atoms with Gasteiger partial charge < -0.3 is 15.0 Å². The minimum Gasteiger partial charge on any atom is -0.376 e. The van der Waals surface area contributed by atoms with E-state index in [1.54, 1.807) is 0 Å². The number of hydrogen-bond donors (Lipinski definition) is 1. The van der Waals surface area contributed by atoms with Crippen molar-refractivity contribution < 1.29 is 13.9 Å². The average Bonchev–Trinajstić information content (AvgIpc) is 3.32. The van der Waals surface area contributed by atoms with Crippen LogP contribution < -0.4 is 10.2 Å². The zero-order valence-electron chi connectivity index (χ0n) is 17.8. The molecule has 0 bridgehead atoms. The van der Waals surface area contributed by atoms with Gasteiger partial charge in [-0.3, -0.25) is 9.69 Å². The minimum absolute atomic E-state index is 0.0904. The summed E-state index contributed by atoms with van der Waals surface area (Å²) in [7, 11) is 0. The van der Waals surface area contributed by atoms with E-state index in [1.165, 1.54) is 23.4 Å². The Morgan fingerprint density at radius 2 is 1.97 bits per heavy atom. The van der Waals surface area contributed by atoms with Crippen LogP contribution in [0.5, 0.6) is 0 Å². The van der Waals surface area contributed by atoms with E-state index in [0.29, 0.717) is 6.54 Å². The number of carbonyl (C=O) groups excluding carboxylic acids is 1. The van der Waals surface area contributed by atoms with E-state index in [4.69, 9.17) is 4.74 Å². The van der Waals surface area contributed by atoms with Gasteiger partial charge in [-0.05, 0) is 48.6 Å². The molecule has 3 aliphatic heterocycles. The summed E-state index contributed by atoms with van der Waals surface area (Å²) in [6.07, 6.45) is 3.01. The van der Waals surface area contributed by atoms with E-state index in [2.05, 4.69) is 39.4 Å². The summed E-state index contributed by atoms with van der Waals surface area (Å²) in [6.45, 7) is 4.81. The Hall–Kier alpha value is -2.44. The van der Waals surface area contributed by atoms with Crippen molar-refractivity contribution >= 4 is 11.6 Å². The van der Waals surface area contributed by atoms with Crippen molar-refractivity contribution in [1.29, 1.82) is 0 Å². The van der Waals surface area contributed by atoms with Crippen molar-refractivity contribution in [3.05, 3.63) is 65.5 Å². The molecule has 5 rings (SSSR count). The number of rotatable bonds is 5. The summed E-state index contributed by atoms with van der Waals surface area (Å²) in [6, 6.07) is 15.3. The number of ether oxygens (including phenoxy) is 1. The third-order valence-corrected chi connectivity index (χ3v) is 6.89. The molecule has 6 heteroatoms. The first-order chi connectivity index (χ1) is 15.2. The third-order valence-electron chi connectivity index (χ3n) is 6.89. The molecule has 1 amide bonds. The number of para-hydroxylation sites is 1. The molecule has 0 aliphatic carbocycles. The van der Waals surface area contributed by atoms with Gasteiger partial charge in [-0.2, -0.15) is 0 Å². The van der Waals surface area contributed by atoms with Gasteiger partial charge in [-0.15, -0.1) is 0 Å². The molecule has 3 heterocycles. The van der Waals surface area contributed by atoms with Crippen LogP contribution in [0.1, 0.15) is 24.0 Å². The second-order valence-electron chi connectivity index (χ2n) is 8.94. The van der Waals surface area contributed by atoms with Gasteiger partial charge in [0.15, 0.2) is 0 Å². The van der Waals surface area contributed by atoms with Gasteiger partial charge in [0.2, 0.25) is 5.91 Å². The summed E-state index contributed by atoms with van der Waals surface area (Å²) in [5, 5.41) is 3.18. The largest absolute Gasteiger partial charge is 0.376 e. The fraction of sp³-hybridized carbons (Fsp3) is 0.480. The lowest BCUT2D eigenvalue weighted by Crippen LogP contribution is -2.61. The molecular formula is C25H30FN3O2. The Morgan fingerprint density at radius 3 is 2.77 bits per heavy atom. The normalized spacial score (nSPS) is 25.7. The first-order valence-electron chi connectivity index (χ1n) is 11.4. The smallest absolute Gasteiger partial charge is 0.225 e.